The number of alkyl halides is 3. The predicted molar refractivity (Wildman–Crippen MR) is 85.0 cm³/mol. The second-order valence-electron chi connectivity index (χ2n) is 5.27. The number of nitrogens with one attached hydrogen (secondary N) is 2. The molecule has 112 valence electrons. The van der Waals surface area contributed by atoms with Crippen molar-refractivity contribution >= 4 is 52.0 Å². The van der Waals surface area contributed by atoms with Gasteiger partial charge in [-0.05, 0) is 30.2 Å². The molecule has 0 spiro atoms. The van der Waals surface area contributed by atoms with Crippen molar-refractivity contribution in [1.29, 1.82) is 0 Å². The third kappa shape index (κ3) is 4.25. The van der Waals surface area contributed by atoms with Crippen LogP contribution in [0.5, 0.6) is 0 Å². The number of rotatable bonds is 3. The van der Waals surface area contributed by atoms with E-state index >= 15 is 0 Å². The molecule has 1 amide bonds. The number of carbonyl (C=O) groups is 1. The van der Waals surface area contributed by atoms with Crippen LogP contribution in [0.1, 0.15) is 29.4 Å². The van der Waals surface area contributed by atoms with E-state index in [9.17, 15) is 4.79 Å². The van der Waals surface area contributed by atoms with Gasteiger partial charge >= 0.3 is 0 Å². The van der Waals surface area contributed by atoms with Gasteiger partial charge in [-0.25, -0.2) is 0 Å². The van der Waals surface area contributed by atoms with Crippen molar-refractivity contribution < 1.29 is 9.69 Å². The molecule has 2 rings (SSSR count). The largest absolute Gasteiger partial charge is 0.312 e. The number of amides is 1. The van der Waals surface area contributed by atoms with Crippen LogP contribution in [0, 0.1) is 5.92 Å². The summed E-state index contributed by atoms with van der Waals surface area (Å²) in [4.78, 5) is 13.9. The lowest BCUT2D eigenvalue weighted by atomic mass is 9.99. The molecule has 0 radical (unpaired) electrons. The maximum Gasteiger partial charge on any atom is 0.265 e. The van der Waals surface area contributed by atoms with Gasteiger partial charge in [0.05, 0.1) is 18.0 Å². The van der Waals surface area contributed by atoms with Crippen LogP contribution in [0.2, 0.25) is 0 Å². The van der Waals surface area contributed by atoms with Crippen LogP contribution in [0.4, 0.5) is 0 Å². The van der Waals surface area contributed by atoms with Crippen LogP contribution >= 0.6 is 46.1 Å². The van der Waals surface area contributed by atoms with E-state index < -0.39 is 9.96 Å². The highest BCUT2D eigenvalue weighted by Gasteiger charge is 2.43. The van der Waals surface area contributed by atoms with E-state index in [4.69, 9.17) is 34.8 Å². The second kappa shape index (κ2) is 6.84. The Kier molecular flexibility index (Phi) is 5.60. The molecule has 1 saturated heterocycles. The zero-order valence-electron chi connectivity index (χ0n) is 11.2. The molecular weight excluding hydrogens is 339 g/mol. The Hall–Kier alpha value is -0.000000000000000111. The number of piperidine rings is 1. The van der Waals surface area contributed by atoms with Gasteiger partial charge in [-0.2, -0.15) is 0 Å². The Bertz CT molecular complexity index is 439. The summed E-state index contributed by atoms with van der Waals surface area (Å²) in [5.41, 5.74) is 0. The standard InChI is InChI=1S/C13H17Cl3N2OS/c1-9-4-6-18(7-5-9)12(13(14,15)16)17-11(19)10-3-2-8-20-10/h2-3,8-9,12H,4-7H2,1H3,(H,17,19)/p+1/t12-/m1/s1. The Balaban J connectivity index is 2.06. The number of hydrogen-bond acceptors (Lipinski definition) is 2. The van der Waals surface area contributed by atoms with Gasteiger partial charge in [0.1, 0.15) is 0 Å². The maximum atomic E-state index is 12.2. The zero-order valence-corrected chi connectivity index (χ0v) is 14.2. The monoisotopic (exact) mass is 355 g/mol. The van der Waals surface area contributed by atoms with Crippen molar-refractivity contribution in [3.63, 3.8) is 0 Å². The number of thiophene rings is 1. The highest BCUT2D eigenvalue weighted by atomic mass is 35.6. The lowest BCUT2D eigenvalue weighted by Crippen LogP contribution is -3.20. The van der Waals surface area contributed by atoms with Gasteiger partial charge in [-0.3, -0.25) is 10.1 Å². The first kappa shape index (κ1) is 16.4. The summed E-state index contributed by atoms with van der Waals surface area (Å²) in [6.07, 6.45) is 1.65. The molecule has 20 heavy (non-hydrogen) atoms. The molecule has 1 aromatic heterocycles. The summed E-state index contributed by atoms with van der Waals surface area (Å²) in [7, 11) is 0. The van der Waals surface area contributed by atoms with E-state index in [1.54, 1.807) is 6.07 Å². The van der Waals surface area contributed by atoms with Gasteiger partial charge in [0.2, 0.25) is 6.17 Å². The third-order valence-electron chi connectivity index (χ3n) is 3.67. The van der Waals surface area contributed by atoms with Gasteiger partial charge in [0, 0.05) is 0 Å². The number of carbonyl (C=O) groups excluding carboxylic acids is 1. The van der Waals surface area contributed by atoms with Crippen molar-refractivity contribution in [2.75, 3.05) is 13.1 Å². The SMILES string of the molecule is CC1CC[NH+]([C@@H](NC(=O)c2cccs2)C(Cl)(Cl)Cl)CC1. The quantitative estimate of drug-likeness (QED) is 0.802. The molecule has 2 N–H and O–H groups in total. The summed E-state index contributed by atoms with van der Waals surface area (Å²) >= 11 is 19.6. The van der Waals surface area contributed by atoms with Crippen molar-refractivity contribution in [2.45, 2.75) is 29.7 Å². The zero-order chi connectivity index (χ0) is 14.8. The first-order valence-electron chi connectivity index (χ1n) is 6.63. The van der Waals surface area contributed by atoms with Crippen molar-refractivity contribution in [2.24, 2.45) is 5.92 Å². The van der Waals surface area contributed by atoms with E-state index in [1.807, 2.05) is 11.4 Å². The summed E-state index contributed by atoms with van der Waals surface area (Å²) < 4.78 is -1.51. The van der Waals surface area contributed by atoms with E-state index in [0.29, 0.717) is 10.8 Å². The topological polar surface area (TPSA) is 33.5 Å². The van der Waals surface area contributed by atoms with Gasteiger partial charge < -0.3 is 4.90 Å². The van der Waals surface area contributed by atoms with E-state index in [0.717, 1.165) is 30.8 Å². The minimum atomic E-state index is -1.51. The highest BCUT2D eigenvalue weighted by Crippen LogP contribution is 2.28. The Morgan fingerprint density at radius 1 is 1.45 bits per heavy atom. The van der Waals surface area contributed by atoms with Crippen molar-refractivity contribution in [1.82, 2.24) is 5.32 Å². The summed E-state index contributed by atoms with van der Waals surface area (Å²) in [6.45, 7) is 4.04. The normalized spacial score (nSPS) is 25.2. The predicted octanol–water partition coefficient (Wildman–Crippen LogP) is 2.49. The minimum Gasteiger partial charge on any atom is -0.312 e. The lowest BCUT2D eigenvalue weighted by Gasteiger charge is -2.36. The molecule has 3 nitrogen and oxygen atoms in total. The molecule has 7 heteroatoms. The molecule has 1 fully saturated rings. The molecule has 0 saturated carbocycles. The van der Waals surface area contributed by atoms with Crippen molar-refractivity contribution in [3.05, 3.63) is 22.4 Å². The van der Waals surface area contributed by atoms with E-state index in [2.05, 4.69) is 12.2 Å². The summed E-state index contributed by atoms with van der Waals surface area (Å²) in [6, 6.07) is 3.60. The van der Waals surface area contributed by atoms with Crippen LogP contribution in [-0.2, 0) is 0 Å². The molecular formula is C13H18Cl3N2OS+. The number of halogens is 3. The lowest BCUT2D eigenvalue weighted by molar-refractivity contribution is -0.932. The van der Waals surface area contributed by atoms with Crippen LogP contribution in [0.15, 0.2) is 17.5 Å². The fraction of sp³-hybridized carbons (Fsp3) is 0.615. The Labute approximate surface area is 138 Å². The van der Waals surface area contributed by atoms with Crippen LogP contribution < -0.4 is 10.2 Å². The van der Waals surface area contributed by atoms with Gasteiger partial charge in [0.25, 0.3) is 9.70 Å². The van der Waals surface area contributed by atoms with Gasteiger partial charge in [0.15, 0.2) is 0 Å². The molecule has 1 aliphatic rings. The first-order valence-corrected chi connectivity index (χ1v) is 8.65. The van der Waals surface area contributed by atoms with Crippen LogP contribution in [0.25, 0.3) is 0 Å². The fourth-order valence-electron chi connectivity index (χ4n) is 2.45. The number of likely N-dealkylation sites (tertiary alicyclic amines) is 1. The Morgan fingerprint density at radius 3 is 2.60 bits per heavy atom. The van der Waals surface area contributed by atoms with Crippen LogP contribution in [0.3, 0.4) is 0 Å². The molecule has 1 aromatic rings. The van der Waals surface area contributed by atoms with E-state index in [1.165, 1.54) is 11.3 Å². The minimum absolute atomic E-state index is 0.178. The molecule has 2 heterocycles. The first-order chi connectivity index (χ1) is 9.38. The van der Waals surface area contributed by atoms with E-state index in [-0.39, 0.29) is 5.91 Å². The second-order valence-corrected chi connectivity index (χ2v) is 8.58. The van der Waals surface area contributed by atoms with Crippen LogP contribution in [-0.4, -0.2) is 29.0 Å². The van der Waals surface area contributed by atoms with Gasteiger partial charge in [-0.1, -0.05) is 47.8 Å². The third-order valence-corrected chi connectivity index (χ3v) is 5.20. The number of hydrogen-bond donors (Lipinski definition) is 2. The number of quaternary nitrogens is 1. The summed E-state index contributed by atoms with van der Waals surface area (Å²) in [5, 5.41) is 4.74. The molecule has 0 unspecified atom stereocenters. The molecule has 0 aromatic carbocycles. The highest BCUT2D eigenvalue weighted by molar-refractivity contribution is 7.12. The smallest absolute Gasteiger partial charge is 0.265 e. The van der Waals surface area contributed by atoms with Gasteiger partial charge in [-0.15, -0.1) is 11.3 Å². The average molecular weight is 357 g/mol. The maximum absolute atomic E-state index is 12.2. The van der Waals surface area contributed by atoms with Crippen molar-refractivity contribution in [3.8, 4) is 0 Å². The molecule has 1 aliphatic heterocycles. The summed E-state index contributed by atoms with van der Waals surface area (Å²) in [5.74, 6) is 0.519. The Morgan fingerprint density at radius 2 is 2.10 bits per heavy atom. The molecule has 0 bridgehead atoms. The molecule has 1 atom stereocenters. The fourth-order valence-corrected chi connectivity index (χ4v) is 3.70. The average Bonchev–Trinajstić information content (AvgIpc) is 2.89. The molecule has 0 aliphatic carbocycles.